The highest BCUT2D eigenvalue weighted by Gasteiger charge is 2.23. The van der Waals surface area contributed by atoms with Crippen LogP contribution in [-0.4, -0.2) is 32.8 Å². The molecular formula is C15H11N5O5S. The summed E-state index contributed by atoms with van der Waals surface area (Å²) in [6.07, 6.45) is 1.04. The predicted octanol–water partition coefficient (Wildman–Crippen LogP) is -0.200. The number of benzene rings is 1. The van der Waals surface area contributed by atoms with Crippen molar-refractivity contribution in [3.05, 3.63) is 67.0 Å². The Morgan fingerprint density at radius 2 is 1.65 bits per heavy atom. The minimum atomic E-state index is -4.11. The van der Waals surface area contributed by atoms with Crippen molar-refractivity contribution in [2.24, 2.45) is 0 Å². The molecule has 0 atom stereocenters. The fourth-order valence-electron chi connectivity index (χ4n) is 2.66. The van der Waals surface area contributed by atoms with Crippen LogP contribution in [0.25, 0.3) is 21.9 Å². The number of nitrogens with one attached hydrogen (secondary N) is 3. The maximum absolute atomic E-state index is 12.8. The molecule has 0 saturated carbocycles. The third-order valence-corrected chi connectivity index (χ3v) is 5.59. The zero-order chi connectivity index (χ0) is 18.6. The summed E-state index contributed by atoms with van der Waals surface area (Å²) in [7, 11) is -4.11. The lowest BCUT2D eigenvalue weighted by Gasteiger charge is -2.06. The normalized spacial score (nSPS) is 12.0. The number of hydrogen-bond donors (Lipinski definition) is 3. The summed E-state index contributed by atoms with van der Waals surface area (Å²) in [5.41, 5.74) is -1.99. The molecule has 3 N–H and O–H groups in total. The van der Waals surface area contributed by atoms with Gasteiger partial charge in [0.2, 0.25) is 5.43 Å². The first-order valence-corrected chi connectivity index (χ1v) is 8.81. The second kappa shape index (κ2) is 5.26. The molecule has 3 aromatic heterocycles. The summed E-state index contributed by atoms with van der Waals surface area (Å²) in [4.78, 5) is 38.9. The van der Waals surface area contributed by atoms with Crippen LogP contribution in [0.5, 0.6) is 0 Å². The molecule has 0 aliphatic rings. The van der Waals surface area contributed by atoms with Crippen LogP contribution in [0, 0.1) is 6.92 Å². The zero-order valence-electron chi connectivity index (χ0n) is 13.2. The number of hydrogen-bond acceptors (Lipinski definition) is 6. The van der Waals surface area contributed by atoms with Gasteiger partial charge in [-0.3, -0.25) is 24.6 Å². The molecule has 0 bridgehead atoms. The molecule has 0 spiro atoms. The van der Waals surface area contributed by atoms with Crippen LogP contribution in [0.15, 0.2) is 49.7 Å². The summed E-state index contributed by atoms with van der Waals surface area (Å²) in [6, 6.07) is 6.08. The molecule has 3 heterocycles. The molecule has 10 nitrogen and oxygen atoms in total. The highest BCUT2D eigenvalue weighted by atomic mass is 32.2. The maximum atomic E-state index is 12.8. The number of nitrogens with zero attached hydrogens (tertiary/aromatic N) is 2. The molecule has 0 aliphatic heterocycles. The Labute approximate surface area is 144 Å². The van der Waals surface area contributed by atoms with Gasteiger partial charge in [-0.05, 0) is 19.1 Å². The number of rotatable bonds is 2. The molecule has 0 fully saturated rings. The van der Waals surface area contributed by atoms with Gasteiger partial charge in [0, 0.05) is 0 Å². The Kier molecular flexibility index (Phi) is 3.24. The average molecular weight is 373 g/mol. The minimum absolute atomic E-state index is 0.0335. The van der Waals surface area contributed by atoms with Crippen LogP contribution in [0.2, 0.25) is 0 Å². The zero-order valence-corrected chi connectivity index (χ0v) is 14.0. The van der Waals surface area contributed by atoms with Crippen molar-refractivity contribution in [1.29, 1.82) is 0 Å². The van der Waals surface area contributed by atoms with E-state index >= 15 is 0 Å². The van der Waals surface area contributed by atoms with Gasteiger partial charge in [0.05, 0.1) is 16.5 Å². The van der Waals surface area contributed by atoms with Crippen molar-refractivity contribution in [1.82, 2.24) is 24.4 Å². The topological polar surface area (TPSA) is 151 Å². The van der Waals surface area contributed by atoms with Crippen molar-refractivity contribution in [2.75, 3.05) is 0 Å². The van der Waals surface area contributed by atoms with E-state index in [2.05, 4.69) is 20.3 Å². The first kappa shape index (κ1) is 16.0. The fourth-order valence-corrected chi connectivity index (χ4v) is 3.90. The van der Waals surface area contributed by atoms with E-state index in [1.807, 2.05) is 6.92 Å². The second-order valence-corrected chi connectivity index (χ2v) is 7.45. The molecule has 0 unspecified atom stereocenters. The second-order valence-electron chi connectivity index (χ2n) is 5.68. The van der Waals surface area contributed by atoms with Gasteiger partial charge in [0.15, 0.2) is 5.65 Å². The average Bonchev–Trinajstić information content (AvgIpc) is 3.04. The summed E-state index contributed by atoms with van der Waals surface area (Å²) in [6.45, 7) is 1.81. The van der Waals surface area contributed by atoms with Crippen LogP contribution < -0.4 is 16.5 Å². The van der Waals surface area contributed by atoms with E-state index < -0.39 is 32.0 Å². The summed E-state index contributed by atoms with van der Waals surface area (Å²) >= 11 is 0. The van der Waals surface area contributed by atoms with Crippen molar-refractivity contribution in [3.8, 4) is 0 Å². The maximum Gasteiger partial charge on any atom is 0.287 e. The summed E-state index contributed by atoms with van der Waals surface area (Å²) < 4.78 is 26.3. The molecule has 0 radical (unpaired) electrons. The lowest BCUT2D eigenvalue weighted by Crippen LogP contribution is -2.26. The number of H-pyrrole nitrogens is 3. The van der Waals surface area contributed by atoms with Crippen LogP contribution >= 0.6 is 0 Å². The molecule has 4 aromatic rings. The van der Waals surface area contributed by atoms with E-state index in [9.17, 15) is 22.8 Å². The number of aromatic nitrogens is 5. The van der Waals surface area contributed by atoms with Crippen LogP contribution in [-0.2, 0) is 10.0 Å². The number of aryl methyl sites for hydroxylation is 1. The number of pyridine rings is 1. The number of aromatic amines is 3. The molecule has 4 rings (SSSR count). The molecule has 26 heavy (non-hydrogen) atoms. The van der Waals surface area contributed by atoms with E-state index in [-0.39, 0.29) is 21.4 Å². The van der Waals surface area contributed by atoms with Crippen molar-refractivity contribution >= 4 is 32.0 Å². The predicted molar refractivity (Wildman–Crippen MR) is 92.9 cm³/mol. The molecule has 0 saturated heterocycles. The fraction of sp³-hybridized carbons (Fsp3) is 0.0667. The van der Waals surface area contributed by atoms with E-state index in [0.717, 1.165) is 11.8 Å². The smallest absolute Gasteiger partial charge is 0.287 e. The van der Waals surface area contributed by atoms with Gasteiger partial charge in [-0.2, -0.15) is 13.5 Å². The molecule has 1 aromatic carbocycles. The molecule has 0 amide bonds. The Morgan fingerprint density at radius 3 is 2.35 bits per heavy atom. The largest absolute Gasteiger partial charge is 0.334 e. The van der Waals surface area contributed by atoms with Crippen LogP contribution in [0.3, 0.4) is 0 Å². The Hall–Kier alpha value is -3.47. The van der Waals surface area contributed by atoms with Crippen LogP contribution in [0.4, 0.5) is 0 Å². The molecule has 0 aliphatic carbocycles. The first-order chi connectivity index (χ1) is 12.3. The quantitative estimate of drug-likeness (QED) is 0.443. The minimum Gasteiger partial charge on any atom is -0.334 e. The van der Waals surface area contributed by atoms with Gasteiger partial charge < -0.3 is 4.98 Å². The monoisotopic (exact) mass is 373 g/mol. The van der Waals surface area contributed by atoms with Crippen molar-refractivity contribution in [3.63, 3.8) is 0 Å². The Morgan fingerprint density at radius 1 is 1.00 bits per heavy atom. The molecular weight excluding hydrogens is 362 g/mol. The van der Waals surface area contributed by atoms with Crippen molar-refractivity contribution in [2.45, 2.75) is 11.8 Å². The van der Waals surface area contributed by atoms with Gasteiger partial charge >= 0.3 is 0 Å². The first-order valence-electron chi connectivity index (χ1n) is 7.37. The summed E-state index contributed by atoms with van der Waals surface area (Å²) in [5, 5.41) is 7.40. The van der Waals surface area contributed by atoms with E-state index in [0.29, 0.717) is 4.09 Å². The molecule has 132 valence electrons. The van der Waals surface area contributed by atoms with Gasteiger partial charge in [-0.25, -0.2) is 0 Å². The highest BCUT2D eigenvalue weighted by Crippen LogP contribution is 2.18. The van der Waals surface area contributed by atoms with Gasteiger partial charge in [0.25, 0.3) is 21.1 Å². The third kappa shape index (κ3) is 2.14. The standard InChI is InChI=1S/C15H11N5O5S/c1-7-2-4-8(5-3-7)26(24,25)20-13-9(6-16-20)12(21)10-11(17-13)15(23)19-18-14(10)22/h2-6H,1H3,(H,17,21)(H,18,22)(H,19,23). The Bertz CT molecular complexity index is 1460. The molecule has 11 heteroatoms. The number of fused-ring (bicyclic) bond motifs is 2. The summed E-state index contributed by atoms with van der Waals surface area (Å²) in [5.74, 6) is 0. The highest BCUT2D eigenvalue weighted by molar-refractivity contribution is 7.90. The SMILES string of the molecule is Cc1ccc(S(=O)(=O)n2ncc3c(=O)c4c(=O)[nH][nH]c(=O)c4[nH]c32)cc1. The van der Waals surface area contributed by atoms with E-state index in [4.69, 9.17) is 0 Å². The lowest BCUT2D eigenvalue weighted by molar-refractivity contribution is 0.582. The van der Waals surface area contributed by atoms with Gasteiger partial charge in [0.1, 0.15) is 10.9 Å². The van der Waals surface area contributed by atoms with Crippen molar-refractivity contribution < 1.29 is 8.42 Å². The van der Waals surface area contributed by atoms with E-state index in [1.165, 1.54) is 12.1 Å². The van der Waals surface area contributed by atoms with Gasteiger partial charge in [-0.1, -0.05) is 17.7 Å². The lowest BCUT2D eigenvalue weighted by atomic mass is 10.2. The van der Waals surface area contributed by atoms with E-state index in [1.54, 1.807) is 12.1 Å². The third-order valence-electron chi connectivity index (χ3n) is 3.99. The van der Waals surface area contributed by atoms with Crippen LogP contribution in [0.1, 0.15) is 5.56 Å². The Balaban J connectivity index is 2.12. The van der Waals surface area contributed by atoms with Gasteiger partial charge in [-0.15, -0.1) is 4.09 Å².